The molecule has 0 bridgehead atoms. The van der Waals surface area contributed by atoms with Crippen molar-refractivity contribution in [2.75, 3.05) is 20.3 Å². The summed E-state index contributed by atoms with van der Waals surface area (Å²) in [5.74, 6) is -0.577. The maximum absolute atomic E-state index is 12.5. The number of nitrogens with one attached hydrogen (secondary N) is 3. The summed E-state index contributed by atoms with van der Waals surface area (Å²) in [5, 5.41) is 9.98. The SMILES string of the molecule is CCOC(=O)C1=C(C)NC(=O)N[C@@H]1c1ccc(OCC(=O)N/N=C\c2cc(Cl)cc(Cl)c2Cl)c(OC)c1. The summed E-state index contributed by atoms with van der Waals surface area (Å²) in [4.78, 5) is 36.8. The molecule has 37 heavy (non-hydrogen) atoms. The van der Waals surface area contributed by atoms with Gasteiger partial charge in [0.1, 0.15) is 0 Å². The van der Waals surface area contributed by atoms with E-state index in [1.165, 1.54) is 19.4 Å². The second-order valence-electron chi connectivity index (χ2n) is 7.57. The summed E-state index contributed by atoms with van der Waals surface area (Å²) in [6.07, 6.45) is 1.30. The van der Waals surface area contributed by atoms with E-state index in [1.54, 1.807) is 38.1 Å². The molecule has 0 aliphatic carbocycles. The molecule has 0 saturated carbocycles. The molecule has 2 aromatic rings. The van der Waals surface area contributed by atoms with Gasteiger partial charge >= 0.3 is 12.0 Å². The van der Waals surface area contributed by atoms with E-state index in [0.29, 0.717) is 21.8 Å². The topological polar surface area (TPSA) is 127 Å². The van der Waals surface area contributed by atoms with E-state index < -0.39 is 23.9 Å². The summed E-state index contributed by atoms with van der Waals surface area (Å²) in [6, 6.07) is 6.59. The number of hydrogen-bond acceptors (Lipinski definition) is 7. The Morgan fingerprint density at radius 1 is 1.16 bits per heavy atom. The lowest BCUT2D eigenvalue weighted by Crippen LogP contribution is -2.45. The second-order valence-corrected chi connectivity index (χ2v) is 8.80. The van der Waals surface area contributed by atoms with Gasteiger partial charge in [-0.25, -0.2) is 15.0 Å². The van der Waals surface area contributed by atoms with Crippen LogP contribution in [0.3, 0.4) is 0 Å². The molecule has 1 aliphatic heterocycles. The van der Waals surface area contributed by atoms with Crippen LogP contribution < -0.4 is 25.5 Å². The number of benzene rings is 2. The van der Waals surface area contributed by atoms with Crippen molar-refractivity contribution in [2.24, 2.45) is 5.10 Å². The van der Waals surface area contributed by atoms with Crippen LogP contribution in [0.5, 0.6) is 11.5 Å². The summed E-state index contributed by atoms with van der Waals surface area (Å²) < 4.78 is 16.1. The zero-order chi connectivity index (χ0) is 27.1. The standard InChI is InChI=1S/C24H23Cl3N4O6/c1-4-36-23(33)20-12(2)29-24(34)30-22(20)13-5-6-17(18(8-13)35-3)37-11-19(32)31-28-10-14-7-15(25)9-16(26)21(14)27/h5-10,22H,4,11H2,1-3H3,(H,31,32)(H2,29,30,34)/b28-10-/t22-/m1/s1. The third-order valence-corrected chi connectivity index (χ3v) is 6.09. The van der Waals surface area contributed by atoms with Crippen molar-refractivity contribution in [3.8, 4) is 11.5 Å². The molecule has 1 heterocycles. The molecule has 3 amide bonds. The molecule has 0 fully saturated rings. The fraction of sp³-hybridized carbons (Fsp3) is 0.250. The van der Waals surface area contributed by atoms with E-state index in [4.69, 9.17) is 49.0 Å². The van der Waals surface area contributed by atoms with Crippen molar-refractivity contribution in [3.05, 3.63) is 67.8 Å². The predicted octanol–water partition coefficient (Wildman–Crippen LogP) is 4.38. The van der Waals surface area contributed by atoms with Crippen LogP contribution in [0.4, 0.5) is 4.79 Å². The van der Waals surface area contributed by atoms with Crippen LogP contribution in [0.1, 0.15) is 31.0 Å². The molecule has 10 nitrogen and oxygen atoms in total. The van der Waals surface area contributed by atoms with Gasteiger partial charge in [0.15, 0.2) is 18.1 Å². The van der Waals surface area contributed by atoms with Gasteiger partial charge in [0, 0.05) is 16.3 Å². The van der Waals surface area contributed by atoms with Gasteiger partial charge in [-0.3, -0.25) is 4.79 Å². The lowest BCUT2D eigenvalue weighted by molar-refractivity contribution is -0.139. The number of amides is 3. The number of urea groups is 1. The van der Waals surface area contributed by atoms with E-state index in [1.807, 2.05) is 0 Å². The lowest BCUT2D eigenvalue weighted by Gasteiger charge is -2.28. The Bertz CT molecular complexity index is 1280. The number of rotatable bonds is 9. The number of halogens is 3. The van der Waals surface area contributed by atoms with Gasteiger partial charge in [-0.2, -0.15) is 5.10 Å². The summed E-state index contributed by atoms with van der Waals surface area (Å²) in [5.41, 5.74) is 3.93. The number of hydrazone groups is 1. The summed E-state index contributed by atoms with van der Waals surface area (Å²) in [7, 11) is 1.42. The van der Waals surface area contributed by atoms with Crippen molar-refractivity contribution in [3.63, 3.8) is 0 Å². The molecule has 0 aromatic heterocycles. The lowest BCUT2D eigenvalue weighted by atomic mass is 9.95. The second kappa shape index (κ2) is 12.7. The fourth-order valence-electron chi connectivity index (χ4n) is 3.43. The van der Waals surface area contributed by atoms with Crippen molar-refractivity contribution in [1.29, 1.82) is 0 Å². The Kier molecular flexibility index (Phi) is 9.62. The number of hydrogen-bond donors (Lipinski definition) is 3. The normalized spacial score (nSPS) is 15.2. The van der Waals surface area contributed by atoms with Crippen molar-refractivity contribution in [1.82, 2.24) is 16.1 Å². The van der Waals surface area contributed by atoms with Gasteiger partial charge in [-0.05, 0) is 43.7 Å². The molecule has 0 unspecified atom stereocenters. The van der Waals surface area contributed by atoms with Crippen LogP contribution in [0.25, 0.3) is 0 Å². The van der Waals surface area contributed by atoms with E-state index >= 15 is 0 Å². The molecule has 3 rings (SSSR count). The maximum atomic E-state index is 12.5. The Morgan fingerprint density at radius 2 is 1.92 bits per heavy atom. The monoisotopic (exact) mass is 568 g/mol. The number of nitrogens with zero attached hydrogens (tertiary/aromatic N) is 1. The third-order valence-electron chi connectivity index (χ3n) is 5.06. The van der Waals surface area contributed by atoms with Crippen molar-refractivity contribution < 1.29 is 28.6 Å². The maximum Gasteiger partial charge on any atom is 0.338 e. The van der Waals surface area contributed by atoms with Crippen molar-refractivity contribution >= 4 is 58.9 Å². The van der Waals surface area contributed by atoms with Crippen LogP contribution in [0, 0.1) is 0 Å². The van der Waals surface area contributed by atoms with Gasteiger partial charge in [-0.15, -0.1) is 0 Å². The molecule has 0 spiro atoms. The van der Waals surface area contributed by atoms with Crippen LogP contribution in [-0.2, 0) is 14.3 Å². The Morgan fingerprint density at radius 3 is 2.62 bits per heavy atom. The summed E-state index contributed by atoms with van der Waals surface area (Å²) >= 11 is 18.0. The van der Waals surface area contributed by atoms with Crippen LogP contribution in [0.2, 0.25) is 15.1 Å². The first-order chi connectivity index (χ1) is 17.6. The van der Waals surface area contributed by atoms with E-state index in [2.05, 4.69) is 21.2 Å². The largest absolute Gasteiger partial charge is 0.493 e. The summed E-state index contributed by atoms with van der Waals surface area (Å²) in [6.45, 7) is 3.10. The highest BCUT2D eigenvalue weighted by Gasteiger charge is 2.32. The minimum absolute atomic E-state index is 0.179. The highest BCUT2D eigenvalue weighted by molar-refractivity contribution is 6.44. The number of esters is 1. The molecule has 1 aliphatic rings. The Labute approximate surface area is 227 Å². The molecular weight excluding hydrogens is 547 g/mol. The van der Waals surface area contributed by atoms with Crippen LogP contribution in [-0.4, -0.2) is 44.4 Å². The molecule has 2 aromatic carbocycles. The fourth-order valence-corrected chi connectivity index (χ4v) is 4.09. The molecule has 0 radical (unpaired) electrons. The van der Waals surface area contributed by atoms with Gasteiger partial charge < -0.3 is 24.8 Å². The highest BCUT2D eigenvalue weighted by Crippen LogP contribution is 2.34. The number of ether oxygens (including phenoxy) is 3. The van der Waals surface area contributed by atoms with Crippen molar-refractivity contribution in [2.45, 2.75) is 19.9 Å². The number of carbonyl (C=O) groups excluding carboxylic acids is 3. The smallest absolute Gasteiger partial charge is 0.338 e. The third kappa shape index (κ3) is 7.06. The number of methoxy groups -OCH3 is 1. The number of carbonyl (C=O) groups is 3. The molecule has 3 N–H and O–H groups in total. The van der Waals surface area contributed by atoms with E-state index in [0.717, 1.165) is 0 Å². The quantitative estimate of drug-likeness (QED) is 0.178. The minimum atomic E-state index is -0.778. The van der Waals surface area contributed by atoms with Crippen LogP contribution in [0.15, 0.2) is 46.7 Å². The zero-order valence-electron chi connectivity index (χ0n) is 20.0. The molecule has 1 atom stereocenters. The molecule has 13 heteroatoms. The minimum Gasteiger partial charge on any atom is -0.493 e. The Hall–Kier alpha value is -3.47. The van der Waals surface area contributed by atoms with E-state index in [-0.39, 0.29) is 40.3 Å². The first-order valence-electron chi connectivity index (χ1n) is 10.9. The molecular formula is C24H23Cl3N4O6. The van der Waals surface area contributed by atoms with E-state index in [9.17, 15) is 14.4 Å². The van der Waals surface area contributed by atoms with Gasteiger partial charge in [0.05, 0.1) is 41.6 Å². The van der Waals surface area contributed by atoms with Gasteiger partial charge in [-0.1, -0.05) is 40.9 Å². The average Bonchev–Trinajstić information content (AvgIpc) is 2.85. The average molecular weight is 570 g/mol. The Balaban J connectivity index is 1.70. The van der Waals surface area contributed by atoms with Crippen LogP contribution >= 0.6 is 34.8 Å². The predicted molar refractivity (Wildman–Crippen MR) is 139 cm³/mol. The highest BCUT2D eigenvalue weighted by atomic mass is 35.5. The zero-order valence-corrected chi connectivity index (χ0v) is 22.3. The first kappa shape index (κ1) is 28.1. The first-order valence-corrected chi connectivity index (χ1v) is 12.0. The van der Waals surface area contributed by atoms with Gasteiger partial charge in [0.2, 0.25) is 0 Å². The number of allylic oxidation sites excluding steroid dienone is 1. The molecule has 0 saturated heterocycles. The van der Waals surface area contributed by atoms with Gasteiger partial charge in [0.25, 0.3) is 5.91 Å². The molecule has 196 valence electrons.